The monoisotopic (exact) mass is 319 g/mol. The summed E-state index contributed by atoms with van der Waals surface area (Å²) >= 11 is 0. The van der Waals surface area contributed by atoms with Gasteiger partial charge in [0, 0.05) is 25.6 Å². The standard InChI is InChI=1S/C17H25N3O3/c18-9-4-10-19-17(22)14-7-11-20(12-8-14)16(21)13-23-15-5-2-1-3-6-15/h1-3,5-6,14H,4,7-13,18H2,(H,19,22). The van der Waals surface area contributed by atoms with Gasteiger partial charge < -0.3 is 20.7 Å². The Morgan fingerprint density at radius 2 is 1.91 bits per heavy atom. The van der Waals surface area contributed by atoms with E-state index in [0.29, 0.717) is 44.8 Å². The van der Waals surface area contributed by atoms with Crippen LogP contribution in [0.1, 0.15) is 19.3 Å². The molecule has 1 heterocycles. The zero-order valence-corrected chi connectivity index (χ0v) is 13.4. The van der Waals surface area contributed by atoms with E-state index in [-0.39, 0.29) is 24.3 Å². The van der Waals surface area contributed by atoms with Crippen molar-refractivity contribution in [1.29, 1.82) is 0 Å². The molecule has 1 aromatic carbocycles. The first-order valence-electron chi connectivity index (χ1n) is 8.14. The lowest BCUT2D eigenvalue weighted by molar-refractivity contribution is -0.137. The number of hydrogen-bond acceptors (Lipinski definition) is 4. The first-order chi connectivity index (χ1) is 11.2. The van der Waals surface area contributed by atoms with Crippen LogP contribution >= 0.6 is 0 Å². The largest absolute Gasteiger partial charge is 0.484 e. The molecule has 1 aliphatic rings. The van der Waals surface area contributed by atoms with Crippen molar-refractivity contribution >= 4 is 11.8 Å². The minimum Gasteiger partial charge on any atom is -0.484 e. The Balaban J connectivity index is 1.69. The Bertz CT molecular complexity index is 499. The molecular formula is C17H25N3O3. The number of nitrogens with zero attached hydrogens (tertiary/aromatic N) is 1. The quantitative estimate of drug-likeness (QED) is 0.727. The molecule has 1 saturated heterocycles. The second-order valence-corrected chi connectivity index (χ2v) is 5.69. The Morgan fingerprint density at radius 1 is 1.22 bits per heavy atom. The number of nitrogens with one attached hydrogen (secondary N) is 1. The molecule has 2 rings (SSSR count). The van der Waals surface area contributed by atoms with Gasteiger partial charge in [0.05, 0.1) is 0 Å². The maximum absolute atomic E-state index is 12.1. The molecule has 1 fully saturated rings. The Hall–Kier alpha value is -2.08. The molecule has 0 aromatic heterocycles. The second-order valence-electron chi connectivity index (χ2n) is 5.69. The Labute approximate surface area is 137 Å². The predicted molar refractivity (Wildman–Crippen MR) is 87.9 cm³/mol. The fraction of sp³-hybridized carbons (Fsp3) is 0.529. The molecule has 6 nitrogen and oxygen atoms in total. The summed E-state index contributed by atoms with van der Waals surface area (Å²) in [6, 6.07) is 9.29. The fourth-order valence-corrected chi connectivity index (χ4v) is 2.60. The predicted octanol–water partition coefficient (Wildman–Crippen LogP) is 0.769. The number of benzene rings is 1. The van der Waals surface area contributed by atoms with Crippen LogP contribution in [0.25, 0.3) is 0 Å². The van der Waals surface area contributed by atoms with Crippen molar-refractivity contribution in [2.24, 2.45) is 11.7 Å². The average Bonchev–Trinajstić information content (AvgIpc) is 2.61. The van der Waals surface area contributed by atoms with Crippen LogP contribution in [0.4, 0.5) is 0 Å². The van der Waals surface area contributed by atoms with Crippen LogP contribution in [-0.4, -0.2) is 49.5 Å². The Kier molecular flexibility index (Phi) is 6.87. The highest BCUT2D eigenvalue weighted by atomic mass is 16.5. The van der Waals surface area contributed by atoms with Gasteiger partial charge in [-0.15, -0.1) is 0 Å². The van der Waals surface area contributed by atoms with Crippen molar-refractivity contribution in [3.05, 3.63) is 30.3 Å². The molecule has 126 valence electrons. The summed E-state index contributed by atoms with van der Waals surface area (Å²) in [4.78, 5) is 25.9. The zero-order chi connectivity index (χ0) is 16.5. The normalized spacial score (nSPS) is 15.3. The molecule has 0 aliphatic carbocycles. The number of hydrogen-bond donors (Lipinski definition) is 2. The van der Waals surface area contributed by atoms with Gasteiger partial charge in [-0.1, -0.05) is 18.2 Å². The van der Waals surface area contributed by atoms with E-state index in [1.165, 1.54) is 0 Å². The molecule has 0 atom stereocenters. The highest BCUT2D eigenvalue weighted by Crippen LogP contribution is 2.18. The van der Waals surface area contributed by atoms with Crippen LogP contribution in [0.3, 0.4) is 0 Å². The van der Waals surface area contributed by atoms with Crippen molar-refractivity contribution < 1.29 is 14.3 Å². The fourth-order valence-electron chi connectivity index (χ4n) is 2.60. The SMILES string of the molecule is NCCCNC(=O)C1CCN(C(=O)COc2ccccc2)CC1. The topological polar surface area (TPSA) is 84.7 Å². The molecule has 0 unspecified atom stereocenters. The first kappa shape index (κ1) is 17.3. The van der Waals surface area contributed by atoms with Crippen molar-refractivity contribution in [2.75, 3.05) is 32.8 Å². The second kappa shape index (κ2) is 9.15. The van der Waals surface area contributed by atoms with E-state index in [2.05, 4.69) is 5.32 Å². The van der Waals surface area contributed by atoms with E-state index in [1.54, 1.807) is 4.90 Å². The van der Waals surface area contributed by atoms with E-state index >= 15 is 0 Å². The molecule has 6 heteroatoms. The minimum atomic E-state index is -0.0316. The van der Waals surface area contributed by atoms with Crippen LogP contribution in [0.15, 0.2) is 30.3 Å². The molecule has 2 amide bonds. The Morgan fingerprint density at radius 3 is 2.57 bits per heavy atom. The molecule has 0 saturated carbocycles. The highest BCUT2D eigenvalue weighted by molar-refractivity contribution is 5.80. The molecule has 0 spiro atoms. The first-order valence-corrected chi connectivity index (χ1v) is 8.14. The van der Waals surface area contributed by atoms with E-state index < -0.39 is 0 Å². The van der Waals surface area contributed by atoms with Crippen molar-refractivity contribution in [3.63, 3.8) is 0 Å². The maximum Gasteiger partial charge on any atom is 0.260 e. The average molecular weight is 319 g/mol. The van der Waals surface area contributed by atoms with E-state index in [1.807, 2.05) is 30.3 Å². The van der Waals surface area contributed by atoms with Crippen LogP contribution in [0, 0.1) is 5.92 Å². The smallest absolute Gasteiger partial charge is 0.260 e. The molecule has 0 radical (unpaired) electrons. The summed E-state index contributed by atoms with van der Waals surface area (Å²) in [7, 11) is 0. The van der Waals surface area contributed by atoms with E-state index in [4.69, 9.17) is 10.5 Å². The number of nitrogens with two attached hydrogens (primary N) is 1. The van der Waals surface area contributed by atoms with Crippen molar-refractivity contribution in [2.45, 2.75) is 19.3 Å². The molecule has 1 aromatic rings. The van der Waals surface area contributed by atoms with Gasteiger partial charge in [0.1, 0.15) is 5.75 Å². The molecule has 0 bridgehead atoms. The van der Waals surface area contributed by atoms with Crippen molar-refractivity contribution in [3.8, 4) is 5.75 Å². The van der Waals surface area contributed by atoms with Gasteiger partial charge in [-0.25, -0.2) is 0 Å². The maximum atomic E-state index is 12.1. The third-order valence-electron chi connectivity index (χ3n) is 4.00. The van der Waals surface area contributed by atoms with Gasteiger partial charge in [0.2, 0.25) is 5.91 Å². The van der Waals surface area contributed by atoms with Gasteiger partial charge in [0.25, 0.3) is 5.91 Å². The number of rotatable bonds is 7. The van der Waals surface area contributed by atoms with Crippen LogP contribution in [0.5, 0.6) is 5.75 Å². The number of carbonyl (C=O) groups excluding carboxylic acids is 2. The molecule has 23 heavy (non-hydrogen) atoms. The number of likely N-dealkylation sites (tertiary alicyclic amines) is 1. The van der Waals surface area contributed by atoms with Gasteiger partial charge in [0.15, 0.2) is 6.61 Å². The summed E-state index contributed by atoms with van der Waals surface area (Å²) in [5.74, 6) is 0.726. The number of ether oxygens (including phenoxy) is 1. The number of piperidine rings is 1. The minimum absolute atomic E-state index is 0.00753. The lowest BCUT2D eigenvalue weighted by atomic mass is 9.96. The lowest BCUT2D eigenvalue weighted by Gasteiger charge is -2.31. The van der Waals surface area contributed by atoms with Gasteiger partial charge in [-0.3, -0.25) is 9.59 Å². The number of carbonyl (C=O) groups is 2. The molecule has 1 aliphatic heterocycles. The summed E-state index contributed by atoms with van der Waals surface area (Å²) in [6.07, 6.45) is 2.19. The molecule has 3 N–H and O–H groups in total. The van der Waals surface area contributed by atoms with Crippen LogP contribution < -0.4 is 15.8 Å². The summed E-state index contributed by atoms with van der Waals surface area (Å²) in [6.45, 7) is 2.45. The summed E-state index contributed by atoms with van der Waals surface area (Å²) in [5.41, 5.74) is 5.41. The number of amides is 2. The highest BCUT2D eigenvalue weighted by Gasteiger charge is 2.27. The summed E-state index contributed by atoms with van der Waals surface area (Å²) < 4.78 is 5.48. The van der Waals surface area contributed by atoms with E-state index in [9.17, 15) is 9.59 Å². The van der Waals surface area contributed by atoms with Crippen molar-refractivity contribution in [1.82, 2.24) is 10.2 Å². The third kappa shape index (κ3) is 5.56. The molecular weight excluding hydrogens is 294 g/mol. The summed E-state index contributed by atoms with van der Waals surface area (Å²) in [5, 5.41) is 2.90. The number of para-hydroxylation sites is 1. The third-order valence-corrected chi connectivity index (χ3v) is 4.00. The van der Waals surface area contributed by atoms with Crippen LogP contribution in [-0.2, 0) is 9.59 Å². The zero-order valence-electron chi connectivity index (χ0n) is 13.4. The van der Waals surface area contributed by atoms with Gasteiger partial charge in [-0.2, -0.15) is 0 Å². The van der Waals surface area contributed by atoms with E-state index in [0.717, 1.165) is 6.42 Å². The van der Waals surface area contributed by atoms with Crippen LogP contribution in [0.2, 0.25) is 0 Å². The van der Waals surface area contributed by atoms with Gasteiger partial charge in [-0.05, 0) is 37.9 Å². The lowest BCUT2D eigenvalue weighted by Crippen LogP contribution is -2.44. The van der Waals surface area contributed by atoms with Gasteiger partial charge >= 0.3 is 0 Å².